The molecule has 8 aromatic rings. The Balaban J connectivity index is 0.000000217. The number of anilines is 3. The van der Waals surface area contributed by atoms with Gasteiger partial charge >= 0.3 is 47.5 Å². The molecule has 5 aromatic heterocycles. The number of nitrogen functional groups attached to an aromatic ring is 1. The van der Waals surface area contributed by atoms with Gasteiger partial charge in [0.15, 0.2) is 37.1 Å². The van der Waals surface area contributed by atoms with Gasteiger partial charge in [-0.05, 0) is 108 Å². The number of ether oxygens (including phenoxy) is 5. The molecule has 23 nitrogen and oxygen atoms in total. The quantitative estimate of drug-likeness (QED) is 0.0803. The molecule has 462 valence electrons. The third kappa shape index (κ3) is 17.3. The average molecular weight is 1260 g/mol. The van der Waals surface area contributed by atoms with Crippen molar-refractivity contribution in [3.8, 4) is 17.2 Å². The molecule has 26 heteroatoms. The number of benzene rings is 3. The zero-order chi connectivity index (χ0) is 62.1. The van der Waals surface area contributed by atoms with E-state index in [0.29, 0.717) is 64.1 Å². The molecule has 4 atom stereocenters. The summed E-state index contributed by atoms with van der Waals surface area (Å²) >= 11 is 12.9. The number of nitrogens with zero attached hydrogens (tertiary/aromatic N) is 9. The molecule has 0 radical (unpaired) electrons. The standard InChI is InChI=1S/C25H29ClN4O4.C24H27ClN4O4.C13H14N2O4.Na.H2O/c1-15-7-16(2)13-30(12-15)25-27-11-19(26)20(28-25)9-17-5-6-21-18(8-17)10-22(24(32)29(21)3)34-14-23(31)33-4;1-14-6-15(2)12-29(11-14)24-26-10-18(25)19(27-24)8-16-4-5-20-17(7-16)9-21(23(32)28(20)3)33-13-22(30)31;1-15-10-4-3-9(14)5-8(10)6-11(13(15)17)19-7-12(16)18-2;;/h5-6,8,10-11,15-16H,7,9,12-14H2,1-4H3;4-5,7,9-10,14-15H,6,8,11-13H2,1-3H3,(H,30,31);3-6H,7,14H2,1-2H3;;1H2/q;;;+1;/p-1/t15-,16+;14-,15+;;;. The van der Waals surface area contributed by atoms with E-state index in [2.05, 4.69) is 56.9 Å². The molecule has 88 heavy (non-hydrogen) atoms. The number of aryl methyl sites for hydroxylation is 3. The molecule has 7 heterocycles. The van der Waals surface area contributed by atoms with Crippen LogP contribution in [0.2, 0.25) is 10.0 Å². The summed E-state index contributed by atoms with van der Waals surface area (Å²) in [5, 5.41) is 12.2. The summed E-state index contributed by atoms with van der Waals surface area (Å²) in [5.74, 6) is 1.69. The summed E-state index contributed by atoms with van der Waals surface area (Å²) in [6, 6.07) is 21.6. The topological polar surface area (TPSA) is 298 Å². The number of aliphatic carboxylic acids is 1. The van der Waals surface area contributed by atoms with Gasteiger partial charge in [0, 0.05) is 82.0 Å². The summed E-state index contributed by atoms with van der Waals surface area (Å²) in [6.07, 6.45) is 6.76. The van der Waals surface area contributed by atoms with Crippen LogP contribution in [-0.2, 0) is 57.8 Å². The monoisotopic (exact) mass is 1260 g/mol. The van der Waals surface area contributed by atoms with Gasteiger partial charge in [-0.2, -0.15) is 0 Å². The summed E-state index contributed by atoms with van der Waals surface area (Å²) < 4.78 is 29.2. The molecule has 4 N–H and O–H groups in total. The fraction of sp³-hybridized carbons (Fsp3) is 0.387. The Hall–Kier alpha value is -7.80. The van der Waals surface area contributed by atoms with Crippen LogP contribution in [0.4, 0.5) is 17.6 Å². The van der Waals surface area contributed by atoms with Crippen LogP contribution in [0, 0.1) is 23.7 Å². The second-order valence-electron chi connectivity index (χ2n) is 22.1. The van der Waals surface area contributed by atoms with Gasteiger partial charge in [-0.1, -0.05) is 63.0 Å². The van der Waals surface area contributed by atoms with Crippen molar-refractivity contribution in [1.82, 2.24) is 33.6 Å². The molecule has 2 aliphatic heterocycles. The predicted molar refractivity (Wildman–Crippen MR) is 332 cm³/mol. The normalized spacial score (nSPS) is 16.2. The van der Waals surface area contributed by atoms with Crippen LogP contribution in [0.15, 0.2) is 99.6 Å². The molecule has 0 saturated carbocycles. The van der Waals surface area contributed by atoms with Gasteiger partial charge in [-0.3, -0.25) is 14.4 Å². The third-order valence-corrected chi connectivity index (χ3v) is 15.5. The van der Waals surface area contributed by atoms with E-state index in [4.69, 9.17) is 58.2 Å². The molecule has 0 spiro atoms. The van der Waals surface area contributed by atoms with Crippen LogP contribution in [0.25, 0.3) is 32.7 Å². The first kappa shape index (κ1) is 69.3. The molecule has 2 aliphatic rings. The number of carboxylic acids is 1. The number of methoxy groups -OCH3 is 2. The van der Waals surface area contributed by atoms with Crippen LogP contribution in [0.1, 0.15) is 63.1 Å². The number of aromatic nitrogens is 7. The number of piperidine rings is 2. The summed E-state index contributed by atoms with van der Waals surface area (Å²) in [6.45, 7) is 11.5. The number of carbonyl (C=O) groups is 3. The van der Waals surface area contributed by atoms with Gasteiger partial charge in [0.05, 0.1) is 64.6 Å². The zero-order valence-corrected chi connectivity index (χ0v) is 54.4. The number of pyridine rings is 3. The number of halogens is 2. The number of carbonyl (C=O) groups excluding carboxylic acids is 2. The van der Waals surface area contributed by atoms with Crippen molar-refractivity contribution in [2.24, 2.45) is 44.8 Å². The summed E-state index contributed by atoms with van der Waals surface area (Å²) in [5.41, 5.74) is 10.9. The molecule has 0 aliphatic carbocycles. The van der Waals surface area contributed by atoms with E-state index >= 15 is 0 Å². The molecule has 3 aromatic carbocycles. The van der Waals surface area contributed by atoms with Crippen molar-refractivity contribution in [2.75, 3.05) is 75.8 Å². The first-order valence-electron chi connectivity index (χ1n) is 27.9. The van der Waals surface area contributed by atoms with Crippen LogP contribution in [0.5, 0.6) is 17.2 Å². The van der Waals surface area contributed by atoms with Crippen LogP contribution < -0.4 is 76.0 Å². The molecular weight excluding hydrogens is 1190 g/mol. The van der Waals surface area contributed by atoms with Gasteiger partial charge in [0.2, 0.25) is 11.9 Å². The maximum absolute atomic E-state index is 12.6. The molecule has 2 fully saturated rings. The van der Waals surface area contributed by atoms with E-state index in [1.165, 1.54) is 40.8 Å². The zero-order valence-electron chi connectivity index (χ0n) is 50.9. The molecule has 0 bridgehead atoms. The predicted octanol–water partition coefficient (Wildman–Crippen LogP) is 4.62. The third-order valence-electron chi connectivity index (χ3n) is 14.9. The maximum atomic E-state index is 12.6. The minimum atomic E-state index is -1.14. The van der Waals surface area contributed by atoms with Crippen LogP contribution in [0.3, 0.4) is 0 Å². The van der Waals surface area contributed by atoms with Crippen LogP contribution in [-0.4, -0.2) is 122 Å². The van der Waals surface area contributed by atoms with Crippen molar-refractivity contribution in [3.05, 3.63) is 149 Å². The number of nitrogens with two attached hydrogens (primary N) is 1. The van der Waals surface area contributed by atoms with Gasteiger partial charge in [-0.25, -0.2) is 34.3 Å². The average Bonchev–Trinajstić information content (AvgIpc) is 0.983. The van der Waals surface area contributed by atoms with E-state index < -0.39 is 24.5 Å². The first-order chi connectivity index (χ1) is 41.0. The molecule has 10 rings (SSSR count). The SMILES string of the molecule is COC(=O)COc1cc2cc(Cc3nc(N4C[C@H](C)C[C@H](C)C4)ncc3Cl)ccc2n(C)c1=O.COC(=O)COc1cc2cc(N)ccc2n(C)c1=O.C[C@@H]1C[C@H](C)CN(c2ncc(Cl)c(Cc3ccc4c(c3)cc(OCC(=O)O)c(=O)n4C)n2)C1.[Na+].[OH-]. The van der Waals surface area contributed by atoms with Gasteiger partial charge in [0.1, 0.15) is 0 Å². The number of esters is 2. The molecular formula is C62H71Cl2N10NaO13. The molecule has 2 saturated heterocycles. The van der Waals surface area contributed by atoms with Crippen molar-refractivity contribution >= 4 is 91.4 Å². The fourth-order valence-corrected chi connectivity index (χ4v) is 11.2. The van der Waals surface area contributed by atoms with Gasteiger partial charge in [0.25, 0.3) is 16.7 Å². The van der Waals surface area contributed by atoms with Crippen molar-refractivity contribution < 1.29 is 78.2 Å². The van der Waals surface area contributed by atoms with Gasteiger partial charge in [-0.15, -0.1) is 0 Å². The van der Waals surface area contributed by atoms with E-state index in [9.17, 15) is 28.8 Å². The van der Waals surface area contributed by atoms with Crippen molar-refractivity contribution in [3.63, 3.8) is 0 Å². The van der Waals surface area contributed by atoms with Gasteiger partial charge < -0.3 is 63.5 Å². The van der Waals surface area contributed by atoms with Crippen molar-refractivity contribution in [2.45, 2.75) is 53.4 Å². The van der Waals surface area contributed by atoms with E-state index in [-0.39, 0.29) is 82.2 Å². The Labute approximate surface area is 539 Å². The second kappa shape index (κ2) is 30.9. The molecule has 0 amide bonds. The number of rotatable bonds is 15. The van der Waals surface area contributed by atoms with E-state index in [0.717, 1.165) is 81.4 Å². The molecule has 0 unspecified atom stereocenters. The first-order valence-corrected chi connectivity index (χ1v) is 28.7. The summed E-state index contributed by atoms with van der Waals surface area (Å²) in [4.78, 5) is 93.3. The van der Waals surface area contributed by atoms with E-state index in [1.54, 1.807) is 69.9 Å². The minimum absolute atomic E-state index is 0. The minimum Gasteiger partial charge on any atom is -0.870 e. The van der Waals surface area contributed by atoms with Crippen molar-refractivity contribution in [1.29, 1.82) is 0 Å². The number of carboxylic acid groups (broad SMARTS) is 1. The second-order valence-corrected chi connectivity index (χ2v) is 22.9. The fourth-order valence-electron chi connectivity index (χ4n) is 10.9. The Kier molecular flexibility index (Phi) is 24.3. The number of hydrogen-bond acceptors (Lipinski definition) is 19. The smallest absolute Gasteiger partial charge is 0.870 e. The Morgan fingerprint density at radius 2 is 0.898 bits per heavy atom. The van der Waals surface area contributed by atoms with E-state index in [1.807, 2.05) is 36.4 Å². The largest absolute Gasteiger partial charge is 1.00 e. The summed E-state index contributed by atoms with van der Waals surface area (Å²) in [7, 11) is 7.46. The Morgan fingerprint density at radius 3 is 1.25 bits per heavy atom. The Bertz CT molecular complexity index is 4010. The van der Waals surface area contributed by atoms with Crippen LogP contribution >= 0.6 is 23.2 Å². The Morgan fingerprint density at radius 1 is 0.557 bits per heavy atom. The maximum Gasteiger partial charge on any atom is 1.00 e. The number of fused-ring (bicyclic) bond motifs is 3. The number of hydrogen-bond donors (Lipinski definition) is 2.